The van der Waals surface area contributed by atoms with Crippen LogP contribution in [0.4, 0.5) is 0 Å². The molecule has 1 saturated carbocycles. The molecule has 0 aromatic heterocycles. The molecule has 3 N–H and O–H groups in total. The van der Waals surface area contributed by atoms with Gasteiger partial charge in [0.15, 0.2) is 0 Å². The summed E-state index contributed by atoms with van der Waals surface area (Å²) >= 11 is 0. The van der Waals surface area contributed by atoms with Crippen LogP contribution < -0.4 is 10.5 Å². The van der Waals surface area contributed by atoms with Gasteiger partial charge >= 0.3 is 0 Å². The van der Waals surface area contributed by atoms with Crippen LogP contribution in [0.1, 0.15) is 52.4 Å². The molecule has 0 spiro atoms. The molecule has 108 valence electrons. The van der Waals surface area contributed by atoms with Crippen molar-refractivity contribution >= 4 is 10.0 Å². The van der Waals surface area contributed by atoms with Gasteiger partial charge in [-0.1, -0.05) is 33.1 Å². The second-order valence-corrected chi connectivity index (χ2v) is 8.16. The van der Waals surface area contributed by atoms with Crippen LogP contribution >= 0.6 is 0 Å². The van der Waals surface area contributed by atoms with Gasteiger partial charge in [-0.05, 0) is 37.1 Å². The van der Waals surface area contributed by atoms with Gasteiger partial charge in [0, 0.05) is 6.54 Å². The van der Waals surface area contributed by atoms with Gasteiger partial charge in [-0.3, -0.25) is 0 Å². The topological polar surface area (TPSA) is 72.2 Å². The summed E-state index contributed by atoms with van der Waals surface area (Å²) in [5.41, 5.74) is 5.47. The van der Waals surface area contributed by atoms with Gasteiger partial charge in [0.2, 0.25) is 10.0 Å². The highest BCUT2D eigenvalue weighted by Crippen LogP contribution is 2.25. The molecule has 18 heavy (non-hydrogen) atoms. The Hall–Kier alpha value is -0.130. The predicted octanol–water partition coefficient (Wildman–Crippen LogP) is 1.86. The maximum atomic E-state index is 12.0. The van der Waals surface area contributed by atoms with Crippen molar-refractivity contribution in [3.05, 3.63) is 0 Å². The molecule has 4 nitrogen and oxygen atoms in total. The first kappa shape index (κ1) is 15.9. The molecule has 1 rings (SSSR count). The molecule has 0 aromatic carbocycles. The van der Waals surface area contributed by atoms with Crippen molar-refractivity contribution in [2.45, 2.75) is 52.4 Å². The predicted molar refractivity (Wildman–Crippen MR) is 75.8 cm³/mol. The third-order valence-electron chi connectivity index (χ3n) is 3.77. The van der Waals surface area contributed by atoms with E-state index in [2.05, 4.69) is 4.72 Å². The number of hydrogen-bond donors (Lipinski definition) is 2. The molecule has 0 aromatic rings. The lowest BCUT2D eigenvalue weighted by molar-refractivity contribution is 0.337. The Morgan fingerprint density at radius 2 is 1.83 bits per heavy atom. The molecule has 0 saturated heterocycles. The lowest BCUT2D eigenvalue weighted by Gasteiger charge is -2.26. The third-order valence-corrected chi connectivity index (χ3v) is 5.27. The summed E-state index contributed by atoms with van der Waals surface area (Å²) in [4.78, 5) is 0. The summed E-state index contributed by atoms with van der Waals surface area (Å²) in [5, 5.41) is 0. The van der Waals surface area contributed by atoms with Gasteiger partial charge in [-0.2, -0.15) is 0 Å². The van der Waals surface area contributed by atoms with Crippen molar-refractivity contribution in [1.29, 1.82) is 0 Å². The average Bonchev–Trinajstić information content (AvgIpc) is 2.28. The molecule has 0 amide bonds. The summed E-state index contributed by atoms with van der Waals surface area (Å²) in [5.74, 6) is 0.653. The second kappa shape index (κ2) is 6.87. The SMILES string of the molecule is CC(C)(CCN)CNS(=O)(=O)CC1CCCCC1. The Morgan fingerprint density at radius 3 is 2.39 bits per heavy atom. The number of sulfonamides is 1. The smallest absolute Gasteiger partial charge is 0.211 e. The first-order valence-corrected chi connectivity index (χ1v) is 8.67. The number of nitrogens with one attached hydrogen (secondary N) is 1. The molecular formula is C13H28N2O2S. The summed E-state index contributed by atoms with van der Waals surface area (Å²) in [6.07, 6.45) is 6.57. The fourth-order valence-corrected chi connectivity index (χ4v) is 4.19. The van der Waals surface area contributed by atoms with E-state index in [1.165, 1.54) is 19.3 Å². The van der Waals surface area contributed by atoms with Gasteiger partial charge < -0.3 is 5.73 Å². The Labute approximate surface area is 112 Å². The average molecular weight is 276 g/mol. The highest BCUT2D eigenvalue weighted by molar-refractivity contribution is 7.89. The van der Waals surface area contributed by atoms with Crippen LogP contribution in [0.2, 0.25) is 0 Å². The fraction of sp³-hybridized carbons (Fsp3) is 1.00. The number of rotatable bonds is 7. The zero-order valence-corrected chi connectivity index (χ0v) is 12.6. The largest absolute Gasteiger partial charge is 0.330 e. The standard InChI is InChI=1S/C13H28N2O2S/c1-13(2,8-9-14)11-15-18(16,17)10-12-6-4-3-5-7-12/h12,15H,3-11,14H2,1-2H3. The monoisotopic (exact) mass is 276 g/mol. The molecule has 0 radical (unpaired) electrons. The zero-order chi connectivity index (χ0) is 13.6. The highest BCUT2D eigenvalue weighted by Gasteiger charge is 2.24. The van der Waals surface area contributed by atoms with E-state index < -0.39 is 10.0 Å². The van der Waals surface area contributed by atoms with Crippen LogP contribution in [-0.2, 0) is 10.0 Å². The lowest BCUT2D eigenvalue weighted by atomic mass is 9.90. The van der Waals surface area contributed by atoms with Crippen LogP contribution in [0, 0.1) is 11.3 Å². The summed E-state index contributed by atoms with van der Waals surface area (Å²) < 4.78 is 26.8. The minimum absolute atomic E-state index is 0.0611. The van der Waals surface area contributed by atoms with Gasteiger partial charge in [-0.25, -0.2) is 13.1 Å². The summed E-state index contributed by atoms with van der Waals surface area (Å²) in [6, 6.07) is 0. The van der Waals surface area contributed by atoms with Gasteiger partial charge in [0.25, 0.3) is 0 Å². The molecule has 1 fully saturated rings. The maximum absolute atomic E-state index is 12.0. The van der Waals surface area contributed by atoms with Crippen LogP contribution in [0.15, 0.2) is 0 Å². The van der Waals surface area contributed by atoms with Gasteiger partial charge in [-0.15, -0.1) is 0 Å². The quantitative estimate of drug-likeness (QED) is 0.745. The van der Waals surface area contributed by atoms with Crippen LogP contribution in [0.5, 0.6) is 0 Å². The first-order valence-electron chi connectivity index (χ1n) is 7.02. The molecule has 0 atom stereocenters. The van der Waals surface area contributed by atoms with E-state index in [4.69, 9.17) is 5.73 Å². The molecule has 0 unspecified atom stereocenters. The Kier molecular flexibility index (Phi) is 6.08. The van der Waals surface area contributed by atoms with E-state index in [1.807, 2.05) is 13.8 Å². The van der Waals surface area contributed by atoms with Gasteiger partial charge in [0.1, 0.15) is 0 Å². The Morgan fingerprint density at radius 1 is 1.22 bits per heavy atom. The Bertz CT molecular complexity index is 333. The van der Waals surface area contributed by atoms with Gasteiger partial charge in [0.05, 0.1) is 5.75 Å². The molecule has 1 aliphatic carbocycles. The minimum Gasteiger partial charge on any atom is -0.330 e. The van der Waals surface area contributed by atoms with Crippen molar-refractivity contribution in [1.82, 2.24) is 4.72 Å². The summed E-state index contributed by atoms with van der Waals surface area (Å²) in [7, 11) is -3.12. The normalized spacial score (nSPS) is 19.1. The maximum Gasteiger partial charge on any atom is 0.211 e. The van der Waals surface area contributed by atoms with Crippen LogP contribution in [-0.4, -0.2) is 27.3 Å². The van der Waals surface area contributed by atoms with E-state index in [0.29, 0.717) is 24.8 Å². The van der Waals surface area contributed by atoms with E-state index in [0.717, 1.165) is 19.3 Å². The molecule has 0 bridgehead atoms. The first-order chi connectivity index (χ1) is 8.35. The lowest BCUT2D eigenvalue weighted by Crippen LogP contribution is -2.38. The van der Waals surface area contributed by atoms with E-state index >= 15 is 0 Å². The molecule has 0 aliphatic heterocycles. The third kappa shape index (κ3) is 6.16. The van der Waals surface area contributed by atoms with E-state index in [-0.39, 0.29) is 5.41 Å². The van der Waals surface area contributed by atoms with Crippen molar-refractivity contribution in [3.8, 4) is 0 Å². The van der Waals surface area contributed by atoms with E-state index in [9.17, 15) is 8.42 Å². The highest BCUT2D eigenvalue weighted by atomic mass is 32.2. The number of nitrogens with two attached hydrogens (primary N) is 1. The van der Waals surface area contributed by atoms with Crippen molar-refractivity contribution in [2.75, 3.05) is 18.8 Å². The fourth-order valence-electron chi connectivity index (χ4n) is 2.51. The molecule has 0 heterocycles. The summed E-state index contributed by atoms with van der Waals surface area (Å²) in [6.45, 7) is 5.17. The van der Waals surface area contributed by atoms with E-state index in [1.54, 1.807) is 0 Å². The molecule has 1 aliphatic rings. The molecular weight excluding hydrogens is 248 g/mol. The number of hydrogen-bond acceptors (Lipinski definition) is 3. The van der Waals surface area contributed by atoms with Crippen LogP contribution in [0.25, 0.3) is 0 Å². The van der Waals surface area contributed by atoms with Crippen molar-refractivity contribution < 1.29 is 8.42 Å². The second-order valence-electron chi connectivity index (χ2n) is 6.31. The van der Waals surface area contributed by atoms with Crippen LogP contribution in [0.3, 0.4) is 0 Å². The molecule has 5 heteroatoms. The van der Waals surface area contributed by atoms with Crippen molar-refractivity contribution in [3.63, 3.8) is 0 Å². The minimum atomic E-state index is -3.12. The zero-order valence-electron chi connectivity index (χ0n) is 11.7. The Balaban J connectivity index is 2.39. The van der Waals surface area contributed by atoms with Crippen molar-refractivity contribution in [2.24, 2.45) is 17.1 Å².